The molecule has 0 spiro atoms. The molecule has 2 aromatic carbocycles. The van der Waals surface area contributed by atoms with Gasteiger partial charge in [-0.2, -0.15) is 10.1 Å². The average molecular weight is 422 g/mol. The molecular weight excluding hydrogens is 400 g/mol. The van der Waals surface area contributed by atoms with Gasteiger partial charge in [0.1, 0.15) is 0 Å². The average Bonchev–Trinajstić information content (AvgIpc) is 3.07. The van der Waals surface area contributed by atoms with E-state index in [4.69, 9.17) is 4.74 Å². The van der Waals surface area contributed by atoms with Crippen LogP contribution in [0.1, 0.15) is 25.8 Å². The van der Waals surface area contributed by atoms with Crippen LogP contribution in [0, 0.1) is 10.1 Å². The molecule has 3 rings (SSSR count). The first-order valence-electron chi connectivity index (χ1n) is 9.81. The summed E-state index contributed by atoms with van der Waals surface area (Å²) in [7, 11) is 0. The van der Waals surface area contributed by atoms with E-state index in [0.717, 1.165) is 22.7 Å². The third-order valence-corrected chi connectivity index (χ3v) is 4.65. The Hall–Kier alpha value is -4.01. The molecule has 0 fully saturated rings. The molecule has 0 aromatic heterocycles. The van der Waals surface area contributed by atoms with E-state index >= 15 is 0 Å². The number of nitro benzene ring substituents is 1. The largest absolute Gasteiger partial charge is 0.466 e. The number of ether oxygens (including phenoxy) is 1. The summed E-state index contributed by atoms with van der Waals surface area (Å²) >= 11 is 0. The van der Waals surface area contributed by atoms with Gasteiger partial charge in [-0.1, -0.05) is 25.1 Å². The molecule has 0 aliphatic carbocycles. The van der Waals surface area contributed by atoms with E-state index in [1.54, 1.807) is 6.92 Å². The number of nitro groups is 1. The molecule has 0 radical (unpaired) electrons. The molecule has 9 nitrogen and oxygen atoms in total. The lowest BCUT2D eigenvalue weighted by molar-refractivity contribution is -0.384. The van der Waals surface area contributed by atoms with Crippen molar-refractivity contribution in [3.05, 3.63) is 76.0 Å². The molecule has 1 aliphatic rings. The van der Waals surface area contributed by atoms with Crippen molar-refractivity contribution in [2.45, 2.75) is 26.7 Å². The van der Waals surface area contributed by atoms with Gasteiger partial charge in [0, 0.05) is 24.0 Å². The SMILES string of the molecule is CCOC(=O)CC1=NN(c2ccc([N+](=O)[O-])cc2)C(=O)/C1=C/Nc1ccccc1CC. The maximum Gasteiger partial charge on any atom is 0.311 e. The van der Waals surface area contributed by atoms with Gasteiger partial charge in [0.15, 0.2) is 0 Å². The molecule has 0 saturated heterocycles. The van der Waals surface area contributed by atoms with Crippen LogP contribution in [0.2, 0.25) is 0 Å². The lowest BCUT2D eigenvalue weighted by Gasteiger charge is -2.11. The lowest BCUT2D eigenvalue weighted by Crippen LogP contribution is -2.22. The van der Waals surface area contributed by atoms with Crippen molar-refractivity contribution in [2.75, 3.05) is 16.9 Å². The van der Waals surface area contributed by atoms with Crippen molar-refractivity contribution in [1.29, 1.82) is 0 Å². The van der Waals surface area contributed by atoms with Crippen molar-refractivity contribution in [1.82, 2.24) is 0 Å². The van der Waals surface area contributed by atoms with E-state index in [1.807, 2.05) is 31.2 Å². The summed E-state index contributed by atoms with van der Waals surface area (Å²) in [5.74, 6) is -0.950. The van der Waals surface area contributed by atoms with Crippen LogP contribution in [-0.4, -0.2) is 29.1 Å². The fourth-order valence-electron chi connectivity index (χ4n) is 3.09. The quantitative estimate of drug-likeness (QED) is 0.299. The van der Waals surface area contributed by atoms with Gasteiger partial charge < -0.3 is 10.1 Å². The minimum absolute atomic E-state index is 0.0975. The number of aryl methyl sites for hydroxylation is 1. The van der Waals surface area contributed by atoms with Crippen LogP contribution in [0.4, 0.5) is 17.1 Å². The number of rotatable bonds is 8. The second-order valence-corrected chi connectivity index (χ2v) is 6.63. The monoisotopic (exact) mass is 422 g/mol. The number of carbonyl (C=O) groups is 2. The summed E-state index contributed by atoms with van der Waals surface area (Å²) in [4.78, 5) is 35.5. The number of anilines is 2. The number of carbonyl (C=O) groups excluding carboxylic acids is 2. The topological polar surface area (TPSA) is 114 Å². The van der Waals surface area contributed by atoms with Crippen molar-refractivity contribution >= 4 is 34.7 Å². The Morgan fingerprint density at radius 3 is 2.55 bits per heavy atom. The Morgan fingerprint density at radius 1 is 1.19 bits per heavy atom. The van der Waals surface area contributed by atoms with Crippen LogP contribution in [0.3, 0.4) is 0 Å². The number of para-hydroxylation sites is 1. The molecule has 1 heterocycles. The zero-order chi connectivity index (χ0) is 22.4. The van der Waals surface area contributed by atoms with Crippen LogP contribution >= 0.6 is 0 Å². The number of nitrogens with zero attached hydrogens (tertiary/aromatic N) is 3. The third kappa shape index (κ3) is 4.95. The second kappa shape index (κ2) is 9.66. The predicted molar refractivity (Wildman–Crippen MR) is 117 cm³/mol. The molecule has 160 valence electrons. The van der Waals surface area contributed by atoms with Crippen molar-refractivity contribution in [3.8, 4) is 0 Å². The maximum absolute atomic E-state index is 13.1. The van der Waals surface area contributed by atoms with Gasteiger partial charge in [-0.25, -0.2) is 0 Å². The Labute approximate surface area is 179 Å². The number of nitrogens with one attached hydrogen (secondary N) is 1. The van der Waals surface area contributed by atoms with Crippen LogP contribution in [0.25, 0.3) is 0 Å². The minimum atomic E-state index is -0.522. The van der Waals surface area contributed by atoms with Crippen LogP contribution in [-0.2, 0) is 20.7 Å². The highest BCUT2D eigenvalue weighted by Crippen LogP contribution is 2.27. The summed E-state index contributed by atoms with van der Waals surface area (Å²) in [6.45, 7) is 3.94. The zero-order valence-electron chi connectivity index (χ0n) is 17.2. The highest BCUT2D eigenvalue weighted by molar-refractivity contribution is 6.32. The molecule has 0 unspecified atom stereocenters. The fraction of sp³-hybridized carbons (Fsp3) is 0.227. The molecule has 0 bridgehead atoms. The van der Waals surface area contributed by atoms with E-state index in [1.165, 1.54) is 30.5 Å². The van der Waals surface area contributed by atoms with Crippen molar-refractivity contribution < 1.29 is 19.2 Å². The van der Waals surface area contributed by atoms with Crippen LogP contribution in [0.15, 0.2) is 65.4 Å². The number of hydrazone groups is 1. The molecule has 31 heavy (non-hydrogen) atoms. The third-order valence-electron chi connectivity index (χ3n) is 4.65. The molecular formula is C22H22N4O5. The number of esters is 1. The molecule has 0 atom stereocenters. The highest BCUT2D eigenvalue weighted by Gasteiger charge is 2.33. The van der Waals surface area contributed by atoms with E-state index in [2.05, 4.69) is 10.4 Å². The van der Waals surface area contributed by atoms with Crippen molar-refractivity contribution in [2.24, 2.45) is 5.10 Å². The summed E-state index contributed by atoms with van der Waals surface area (Å²) in [6, 6.07) is 13.1. The van der Waals surface area contributed by atoms with Gasteiger partial charge in [0.05, 0.1) is 34.9 Å². The van der Waals surface area contributed by atoms with E-state index in [-0.39, 0.29) is 30.0 Å². The zero-order valence-corrected chi connectivity index (χ0v) is 17.2. The van der Waals surface area contributed by atoms with Gasteiger partial charge >= 0.3 is 5.97 Å². The number of hydrogen-bond donors (Lipinski definition) is 1. The molecule has 1 amide bonds. The Balaban J connectivity index is 1.92. The highest BCUT2D eigenvalue weighted by atomic mass is 16.6. The Bertz CT molecular complexity index is 1060. The van der Waals surface area contributed by atoms with Crippen LogP contribution in [0.5, 0.6) is 0 Å². The maximum atomic E-state index is 13.1. The van der Waals surface area contributed by atoms with Gasteiger partial charge in [-0.3, -0.25) is 19.7 Å². The first-order valence-corrected chi connectivity index (χ1v) is 9.81. The van der Waals surface area contributed by atoms with Gasteiger partial charge in [0.25, 0.3) is 11.6 Å². The minimum Gasteiger partial charge on any atom is -0.466 e. The van der Waals surface area contributed by atoms with Gasteiger partial charge in [-0.15, -0.1) is 0 Å². The lowest BCUT2D eigenvalue weighted by atomic mass is 10.1. The predicted octanol–water partition coefficient (Wildman–Crippen LogP) is 3.81. The van der Waals surface area contributed by atoms with Gasteiger partial charge in [-0.05, 0) is 37.1 Å². The second-order valence-electron chi connectivity index (χ2n) is 6.63. The first-order chi connectivity index (χ1) is 14.9. The first kappa shape index (κ1) is 21.7. The Morgan fingerprint density at radius 2 is 1.90 bits per heavy atom. The van der Waals surface area contributed by atoms with E-state index < -0.39 is 16.8 Å². The Kier molecular flexibility index (Phi) is 6.76. The number of non-ortho nitro benzene ring substituents is 1. The molecule has 9 heteroatoms. The fourth-order valence-corrected chi connectivity index (χ4v) is 3.09. The van der Waals surface area contributed by atoms with E-state index in [9.17, 15) is 19.7 Å². The number of benzene rings is 2. The molecule has 1 N–H and O–H groups in total. The molecule has 2 aromatic rings. The normalized spacial score (nSPS) is 14.5. The standard InChI is InChI=1S/C22H22N4O5/c1-3-15-7-5-6-8-19(15)23-14-18-20(13-21(27)31-4-2)24-25(22(18)28)16-9-11-17(12-10-16)26(29)30/h5-12,14,23H,3-4,13H2,1-2H3/b18-14+. The van der Waals surface area contributed by atoms with Gasteiger partial charge in [0.2, 0.25) is 0 Å². The number of hydrogen-bond acceptors (Lipinski definition) is 7. The van der Waals surface area contributed by atoms with E-state index in [0.29, 0.717) is 5.69 Å². The molecule has 1 aliphatic heterocycles. The van der Waals surface area contributed by atoms with Crippen LogP contribution < -0.4 is 10.3 Å². The summed E-state index contributed by atoms with van der Waals surface area (Å²) in [6.07, 6.45) is 2.16. The summed E-state index contributed by atoms with van der Waals surface area (Å²) in [5.41, 5.74) is 2.64. The van der Waals surface area contributed by atoms with Crippen molar-refractivity contribution in [3.63, 3.8) is 0 Å². The summed E-state index contributed by atoms with van der Waals surface area (Å²) < 4.78 is 5.00. The smallest absolute Gasteiger partial charge is 0.311 e. The molecule has 0 saturated carbocycles. The summed E-state index contributed by atoms with van der Waals surface area (Å²) in [5, 5.41) is 19.4. The number of amides is 1.